The lowest BCUT2D eigenvalue weighted by Crippen LogP contribution is -2.55. The van der Waals surface area contributed by atoms with E-state index in [0.717, 1.165) is 24.0 Å². The van der Waals surface area contributed by atoms with Crippen LogP contribution in [-0.4, -0.2) is 41.3 Å². The van der Waals surface area contributed by atoms with E-state index in [1.165, 1.54) is 0 Å². The van der Waals surface area contributed by atoms with Gasteiger partial charge < -0.3 is 4.90 Å². The molecule has 0 bridgehead atoms. The fourth-order valence-corrected chi connectivity index (χ4v) is 7.50. The number of sulfone groups is 1. The second kappa shape index (κ2) is 10.2. The van der Waals surface area contributed by atoms with E-state index < -0.39 is 15.3 Å². The largest absolute Gasteiger partial charge is 0.332 e. The number of piperidine rings is 1. The number of likely N-dealkylation sites (tertiary alicyclic amines) is 1. The molecule has 5 nitrogen and oxygen atoms in total. The van der Waals surface area contributed by atoms with Crippen molar-refractivity contribution < 1.29 is 13.2 Å². The lowest BCUT2D eigenvalue weighted by molar-refractivity contribution is -0.154. The van der Waals surface area contributed by atoms with Crippen LogP contribution in [0.25, 0.3) is 0 Å². The van der Waals surface area contributed by atoms with Gasteiger partial charge in [-0.25, -0.2) is 8.42 Å². The van der Waals surface area contributed by atoms with Gasteiger partial charge in [0.25, 0.3) is 0 Å². The van der Waals surface area contributed by atoms with Crippen LogP contribution in [0, 0.1) is 5.41 Å². The number of nitrogens with zero attached hydrogens (tertiary/aromatic N) is 2. The smallest absolute Gasteiger partial charge is 0.229 e. The predicted molar refractivity (Wildman–Crippen MR) is 141 cm³/mol. The fraction of sp³-hybridized carbons (Fsp3) is 0.481. The van der Waals surface area contributed by atoms with Gasteiger partial charge in [-0.2, -0.15) is 0 Å². The van der Waals surface area contributed by atoms with Crippen LogP contribution in [0.15, 0.2) is 55.4 Å². The maximum atomic E-state index is 14.1. The molecule has 1 amide bonds. The first-order valence-electron chi connectivity index (χ1n) is 12.1. The van der Waals surface area contributed by atoms with Crippen LogP contribution >= 0.6 is 23.2 Å². The number of rotatable bonds is 9. The van der Waals surface area contributed by atoms with Crippen molar-refractivity contribution in [2.75, 3.05) is 5.75 Å². The highest BCUT2D eigenvalue weighted by Crippen LogP contribution is 2.52. The predicted octanol–water partition coefficient (Wildman–Crippen LogP) is 6.38. The number of benzene rings is 1. The number of hydrogen-bond donors (Lipinski definition) is 0. The van der Waals surface area contributed by atoms with E-state index in [-0.39, 0.29) is 34.9 Å². The van der Waals surface area contributed by atoms with Crippen molar-refractivity contribution in [3.05, 3.63) is 76.6 Å². The van der Waals surface area contributed by atoms with Crippen LogP contribution in [0.2, 0.25) is 10.0 Å². The van der Waals surface area contributed by atoms with Gasteiger partial charge in [0.1, 0.15) is 0 Å². The number of hydrogen-bond acceptors (Lipinski definition) is 4. The first-order chi connectivity index (χ1) is 16.6. The van der Waals surface area contributed by atoms with Gasteiger partial charge in [0.2, 0.25) is 5.91 Å². The maximum Gasteiger partial charge on any atom is 0.229 e. The van der Waals surface area contributed by atoms with E-state index in [2.05, 4.69) is 11.6 Å². The van der Waals surface area contributed by atoms with Gasteiger partial charge in [-0.3, -0.25) is 9.78 Å². The van der Waals surface area contributed by atoms with E-state index in [4.69, 9.17) is 23.2 Å². The van der Waals surface area contributed by atoms with Crippen molar-refractivity contribution in [3.8, 4) is 0 Å². The second-order valence-corrected chi connectivity index (χ2v) is 13.5. The zero-order chi connectivity index (χ0) is 25.4. The number of amides is 1. The highest BCUT2D eigenvalue weighted by Gasteiger charge is 2.50. The Morgan fingerprint density at radius 3 is 2.46 bits per heavy atom. The SMILES string of the molecule is C=CC[C@@]1(C)C[C@H](c2cncc(Cl)c2)[C@@H](c2ccc(Cl)cc2)N([C@@H](C)CCS(=O)(=O)C2CC2)C1=O. The van der Waals surface area contributed by atoms with E-state index in [1.807, 2.05) is 55.3 Å². The standard InChI is InChI=1S/C27H32Cl2N2O3S/c1-4-12-27(3)15-24(20-14-22(29)17-30-16-20)25(19-5-7-21(28)8-6-19)31(26(27)32)18(2)11-13-35(33,34)23-9-10-23/h4-8,14,16-18,23-25H,1,9-13,15H2,2-3H3/t18-,24+,25+,27-/m0/s1. The molecule has 0 unspecified atom stereocenters. The van der Waals surface area contributed by atoms with Crippen molar-refractivity contribution in [1.29, 1.82) is 0 Å². The molecule has 1 saturated carbocycles. The number of allylic oxidation sites excluding steroid dienone is 1. The van der Waals surface area contributed by atoms with Crippen LogP contribution in [0.3, 0.4) is 0 Å². The molecule has 2 aliphatic rings. The maximum absolute atomic E-state index is 14.1. The Morgan fingerprint density at radius 2 is 1.86 bits per heavy atom. The summed E-state index contributed by atoms with van der Waals surface area (Å²) < 4.78 is 25.3. The molecule has 0 radical (unpaired) electrons. The van der Waals surface area contributed by atoms with Crippen LogP contribution in [0.1, 0.15) is 69.0 Å². The van der Waals surface area contributed by atoms with Crippen molar-refractivity contribution in [1.82, 2.24) is 9.88 Å². The Balaban J connectivity index is 1.79. The summed E-state index contributed by atoms with van der Waals surface area (Å²) in [4.78, 5) is 20.3. The summed E-state index contributed by atoms with van der Waals surface area (Å²) in [5.41, 5.74) is 1.22. The van der Waals surface area contributed by atoms with Gasteiger partial charge >= 0.3 is 0 Å². The topological polar surface area (TPSA) is 67.3 Å². The summed E-state index contributed by atoms with van der Waals surface area (Å²) in [5.74, 6) is 0.00440. The molecule has 0 N–H and O–H groups in total. The molecule has 2 fully saturated rings. The zero-order valence-corrected chi connectivity index (χ0v) is 22.5. The second-order valence-electron chi connectivity index (χ2n) is 10.2. The average molecular weight is 536 g/mol. The summed E-state index contributed by atoms with van der Waals surface area (Å²) >= 11 is 12.5. The van der Waals surface area contributed by atoms with Crippen molar-refractivity contribution >= 4 is 38.9 Å². The molecular weight excluding hydrogens is 503 g/mol. The molecule has 1 aliphatic carbocycles. The summed E-state index contributed by atoms with van der Waals surface area (Å²) in [7, 11) is -3.14. The molecule has 1 aromatic carbocycles. The highest BCUT2D eigenvalue weighted by molar-refractivity contribution is 7.92. The van der Waals surface area contributed by atoms with E-state index in [1.54, 1.807) is 12.3 Å². The molecule has 4 rings (SSSR count). The summed E-state index contributed by atoms with van der Waals surface area (Å²) in [6.07, 6.45) is 8.19. The van der Waals surface area contributed by atoms with Crippen LogP contribution in [-0.2, 0) is 14.6 Å². The molecule has 2 aromatic rings. The van der Waals surface area contributed by atoms with Gasteiger partial charge in [-0.05, 0) is 68.4 Å². The number of pyridine rings is 1. The van der Waals surface area contributed by atoms with Gasteiger partial charge in [0, 0.05) is 29.4 Å². The molecule has 1 aromatic heterocycles. The molecule has 1 aliphatic heterocycles. The third kappa shape index (κ3) is 5.60. The normalized spacial score (nSPS) is 25.9. The van der Waals surface area contributed by atoms with Crippen molar-refractivity contribution in [2.24, 2.45) is 5.41 Å². The first kappa shape index (κ1) is 26.2. The number of halogens is 2. The Kier molecular flexibility index (Phi) is 7.65. The average Bonchev–Trinajstić information content (AvgIpc) is 3.66. The summed E-state index contributed by atoms with van der Waals surface area (Å²) in [6, 6.07) is 8.86. The van der Waals surface area contributed by atoms with Crippen LogP contribution in [0.4, 0.5) is 0 Å². The van der Waals surface area contributed by atoms with E-state index in [0.29, 0.717) is 29.3 Å². The quantitative estimate of drug-likeness (QED) is 0.350. The highest BCUT2D eigenvalue weighted by atomic mass is 35.5. The Morgan fingerprint density at radius 1 is 1.17 bits per heavy atom. The molecule has 8 heteroatoms. The lowest BCUT2D eigenvalue weighted by atomic mass is 9.67. The molecule has 0 spiro atoms. The molecule has 1 saturated heterocycles. The Labute approximate surface area is 218 Å². The molecule has 35 heavy (non-hydrogen) atoms. The summed E-state index contributed by atoms with van der Waals surface area (Å²) in [6.45, 7) is 7.83. The van der Waals surface area contributed by atoms with E-state index >= 15 is 0 Å². The summed E-state index contributed by atoms with van der Waals surface area (Å²) in [5, 5.41) is 0.938. The van der Waals surface area contributed by atoms with Crippen molar-refractivity contribution in [2.45, 2.75) is 69.2 Å². The zero-order valence-electron chi connectivity index (χ0n) is 20.2. The van der Waals surface area contributed by atoms with Gasteiger partial charge in [0.15, 0.2) is 9.84 Å². The number of carbonyl (C=O) groups excluding carboxylic acids is 1. The molecule has 4 atom stereocenters. The van der Waals surface area contributed by atoms with Gasteiger partial charge in [-0.1, -0.05) is 48.3 Å². The minimum atomic E-state index is -3.14. The van der Waals surface area contributed by atoms with Crippen molar-refractivity contribution in [3.63, 3.8) is 0 Å². The Hall–Kier alpha value is -1.89. The van der Waals surface area contributed by atoms with Crippen LogP contribution in [0.5, 0.6) is 0 Å². The monoisotopic (exact) mass is 534 g/mol. The third-order valence-corrected chi connectivity index (χ3v) is 10.1. The lowest BCUT2D eigenvalue weighted by Gasteiger charge is -2.51. The number of aromatic nitrogens is 1. The van der Waals surface area contributed by atoms with Gasteiger partial charge in [0.05, 0.1) is 27.5 Å². The Bertz CT molecular complexity index is 1200. The fourth-order valence-electron chi connectivity index (χ4n) is 5.33. The minimum absolute atomic E-state index is 0.0138. The van der Waals surface area contributed by atoms with Crippen LogP contribution < -0.4 is 0 Å². The van der Waals surface area contributed by atoms with E-state index in [9.17, 15) is 13.2 Å². The third-order valence-electron chi connectivity index (χ3n) is 7.39. The first-order valence-corrected chi connectivity index (χ1v) is 14.5. The number of carbonyl (C=O) groups is 1. The van der Waals surface area contributed by atoms with Gasteiger partial charge in [-0.15, -0.1) is 6.58 Å². The minimum Gasteiger partial charge on any atom is -0.332 e. The molecule has 188 valence electrons. The molecular formula is C27H32Cl2N2O3S. The molecule has 2 heterocycles.